The van der Waals surface area contributed by atoms with E-state index in [2.05, 4.69) is 13.8 Å². The summed E-state index contributed by atoms with van der Waals surface area (Å²) in [5.41, 5.74) is 0. The first-order valence-corrected chi connectivity index (χ1v) is 19.6. The van der Waals surface area contributed by atoms with Gasteiger partial charge in [-0.05, 0) is 12.8 Å². The molecule has 7 heteroatoms. The summed E-state index contributed by atoms with van der Waals surface area (Å²) >= 11 is 0. The quantitative estimate of drug-likeness (QED) is 0.0565. The van der Waals surface area contributed by atoms with Crippen LogP contribution in [-0.4, -0.2) is 75.0 Å². The van der Waals surface area contributed by atoms with E-state index in [9.17, 15) is 25.2 Å². The van der Waals surface area contributed by atoms with Crippen molar-refractivity contribution in [2.24, 2.45) is 0 Å². The number of hydrogen-bond acceptors (Lipinski definition) is 6. The lowest BCUT2D eigenvalue weighted by molar-refractivity contribution is -0.262. The molecule has 1 heterocycles. The van der Waals surface area contributed by atoms with E-state index in [0.717, 1.165) is 38.5 Å². The second-order valence-electron chi connectivity index (χ2n) is 13.9. The lowest BCUT2D eigenvalue weighted by Gasteiger charge is -2.44. The average molecular weight is 642 g/mol. The number of aliphatic hydroxyl groups is 4. The highest BCUT2D eigenvalue weighted by Crippen LogP contribution is 2.25. The summed E-state index contributed by atoms with van der Waals surface area (Å²) in [6.07, 6.45) is 27.7. The summed E-state index contributed by atoms with van der Waals surface area (Å²) in [4.78, 5) is 14.9. The normalized spacial score (nSPS) is 21.8. The second kappa shape index (κ2) is 29.4. The fourth-order valence-electron chi connectivity index (χ4n) is 6.65. The van der Waals surface area contributed by atoms with Gasteiger partial charge in [0.25, 0.3) is 0 Å². The largest absolute Gasteiger partial charge is 0.394 e. The van der Waals surface area contributed by atoms with Crippen molar-refractivity contribution in [2.75, 3.05) is 13.2 Å². The highest BCUT2D eigenvalue weighted by molar-refractivity contribution is 5.76. The topological polar surface area (TPSA) is 110 Å². The van der Waals surface area contributed by atoms with Gasteiger partial charge in [0.15, 0.2) is 6.23 Å². The number of carbonyl (C=O) groups excluding carboxylic acids is 1. The number of unbranched alkanes of at least 4 members (excludes halogenated alkanes) is 25. The fraction of sp³-hybridized carbons (Fsp3) is 0.974. The Bertz CT molecular complexity index is 662. The van der Waals surface area contributed by atoms with Crippen LogP contribution in [0.5, 0.6) is 0 Å². The molecule has 0 aliphatic carbocycles. The zero-order valence-electron chi connectivity index (χ0n) is 29.7. The van der Waals surface area contributed by atoms with Gasteiger partial charge in [-0.25, -0.2) is 0 Å². The molecule has 45 heavy (non-hydrogen) atoms. The smallest absolute Gasteiger partial charge is 0.224 e. The van der Waals surface area contributed by atoms with Crippen molar-refractivity contribution in [3.63, 3.8) is 0 Å². The molecule has 0 unspecified atom stereocenters. The summed E-state index contributed by atoms with van der Waals surface area (Å²) in [6.45, 7) is 4.47. The van der Waals surface area contributed by atoms with Crippen LogP contribution in [0.1, 0.15) is 194 Å². The van der Waals surface area contributed by atoms with E-state index < -0.39 is 37.3 Å². The van der Waals surface area contributed by atoms with Crippen LogP contribution in [-0.2, 0) is 9.53 Å². The van der Waals surface area contributed by atoms with Crippen LogP contribution >= 0.6 is 0 Å². The molecule has 1 amide bonds. The Hall–Kier alpha value is -0.730. The third kappa shape index (κ3) is 20.3. The lowest BCUT2D eigenvalue weighted by Crippen LogP contribution is -2.64. The molecular formula is C38H75NO6. The standard InChI is InChI=1S/C38H75NO6/c1-3-5-7-9-11-13-15-17-18-19-20-22-24-26-28-30-34(41)39(38-37(44)36(43)35(42)33(32-40)45-38)31-29-27-25-23-21-16-14-12-10-8-6-4-2/h33,35-38,40,42-44H,3-32H2,1-2H3/t33-,35-,36+,37+,38-/m1/s1. The molecule has 5 atom stereocenters. The third-order valence-corrected chi connectivity index (χ3v) is 9.74. The Labute approximate surface area is 277 Å². The van der Waals surface area contributed by atoms with Crippen LogP contribution in [0.2, 0.25) is 0 Å². The molecule has 0 aromatic carbocycles. The van der Waals surface area contributed by atoms with Gasteiger partial charge in [-0.1, -0.05) is 174 Å². The van der Waals surface area contributed by atoms with Gasteiger partial charge in [-0.15, -0.1) is 0 Å². The number of amides is 1. The van der Waals surface area contributed by atoms with Gasteiger partial charge in [-0.3, -0.25) is 4.79 Å². The first-order valence-electron chi connectivity index (χ1n) is 19.6. The van der Waals surface area contributed by atoms with E-state index in [1.54, 1.807) is 4.90 Å². The Morgan fingerprint density at radius 1 is 0.511 bits per heavy atom. The van der Waals surface area contributed by atoms with Crippen LogP contribution in [0.15, 0.2) is 0 Å². The van der Waals surface area contributed by atoms with E-state index in [1.807, 2.05) is 0 Å². The summed E-state index contributed by atoms with van der Waals surface area (Å²) in [6, 6.07) is 0. The maximum absolute atomic E-state index is 13.4. The Kier molecular flexibility index (Phi) is 27.6. The van der Waals surface area contributed by atoms with Crippen molar-refractivity contribution < 1.29 is 30.0 Å². The Morgan fingerprint density at radius 2 is 0.867 bits per heavy atom. The van der Waals surface area contributed by atoms with Crippen LogP contribution in [0.25, 0.3) is 0 Å². The number of hydrogen-bond donors (Lipinski definition) is 4. The van der Waals surface area contributed by atoms with E-state index in [4.69, 9.17) is 4.74 Å². The number of nitrogens with zero attached hydrogens (tertiary/aromatic N) is 1. The van der Waals surface area contributed by atoms with Gasteiger partial charge in [0.1, 0.15) is 24.4 Å². The molecule has 0 spiro atoms. The number of carbonyl (C=O) groups is 1. The molecule has 0 radical (unpaired) electrons. The molecule has 7 nitrogen and oxygen atoms in total. The highest BCUT2D eigenvalue weighted by Gasteiger charge is 2.46. The highest BCUT2D eigenvalue weighted by atomic mass is 16.6. The predicted molar refractivity (Wildman–Crippen MR) is 186 cm³/mol. The maximum Gasteiger partial charge on any atom is 0.224 e. The Morgan fingerprint density at radius 3 is 1.24 bits per heavy atom. The molecule has 1 fully saturated rings. The molecule has 1 aliphatic heterocycles. The third-order valence-electron chi connectivity index (χ3n) is 9.74. The molecular weight excluding hydrogens is 566 g/mol. The molecule has 1 rings (SSSR count). The summed E-state index contributed by atoms with van der Waals surface area (Å²) in [7, 11) is 0. The van der Waals surface area contributed by atoms with E-state index in [1.165, 1.54) is 135 Å². The molecule has 4 N–H and O–H groups in total. The van der Waals surface area contributed by atoms with E-state index in [0.29, 0.717) is 13.0 Å². The minimum Gasteiger partial charge on any atom is -0.394 e. The summed E-state index contributed by atoms with van der Waals surface area (Å²) in [5, 5.41) is 41.0. The Balaban J connectivity index is 2.32. The molecule has 0 bridgehead atoms. The van der Waals surface area contributed by atoms with Gasteiger partial charge in [-0.2, -0.15) is 0 Å². The van der Waals surface area contributed by atoms with Crippen molar-refractivity contribution in [2.45, 2.75) is 224 Å². The van der Waals surface area contributed by atoms with Crippen molar-refractivity contribution in [1.29, 1.82) is 0 Å². The first-order chi connectivity index (χ1) is 22.0. The number of ether oxygens (including phenoxy) is 1. The zero-order chi connectivity index (χ0) is 33.0. The molecule has 0 saturated carbocycles. The maximum atomic E-state index is 13.4. The van der Waals surface area contributed by atoms with Crippen LogP contribution in [0.3, 0.4) is 0 Å². The second-order valence-corrected chi connectivity index (χ2v) is 13.9. The summed E-state index contributed by atoms with van der Waals surface area (Å²) in [5.74, 6) is -0.0860. The molecule has 268 valence electrons. The molecule has 1 saturated heterocycles. The SMILES string of the molecule is CCCCCCCCCCCCCCCCCC(=O)N(CCCCCCCCCCCCCC)[C@@H]1O[C@H](CO)[C@@H](O)[C@H](O)[C@@H]1O. The lowest BCUT2D eigenvalue weighted by atomic mass is 9.97. The van der Waals surface area contributed by atoms with Crippen LogP contribution in [0, 0.1) is 0 Å². The van der Waals surface area contributed by atoms with Crippen LogP contribution < -0.4 is 0 Å². The molecule has 0 aromatic rings. The van der Waals surface area contributed by atoms with Gasteiger partial charge >= 0.3 is 0 Å². The van der Waals surface area contributed by atoms with Crippen molar-refractivity contribution in [3.05, 3.63) is 0 Å². The van der Waals surface area contributed by atoms with Gasteiger partial charge < -0.3 is 30.1 Å². The zero-order valence-corrected chi connectivity index (χ0v) is 29.7. The molecule has 0 aromatic heterocycles. The predicted octanol–water partition coefficient (Wildman–Crippen LogP) is 8.58. The van der Waals surface area contributed by atoms with Gasteiger partial charge in [0, 0.05) is 13.0 Å². The summed E-state index contributed by atoms with van der Waals surface area (Å²) < 4.78 is 5.80. The minimum atomic E-state index is -1.47. The van der Waals surface area contributed by atoms with E-state index >= 15 is 0 Å². The minimum absolute atomic E-state index is 0.0860. The first kappa shape index (κ1) is 42.3. The number of rotatable bonds is 31. The monoisotopic (exact) mass is 642 g/mol. The van der Waals surface area contributed by atoms with Crippen LogP contribution in [0.4, 0.5) is 0 Å². The molecule has 1 aliphatic rings. The fourth-order valence-corrected chi connectivity index (χ4v) is 6.65. The van der Waals surface area contributed by atoms with Crippen molar-refractivity contribution in [1.82, 2.24) is 4.90 Å². The number of aliphatic hydroxyl groups excluding tert-OH is 4. The average Bonchev–Trinajstić information content (AvgIpc) is 3.04. The van der Waals surface area contributed by atoms with Gasteiger partial charge in [0.2, 0.25) is 5.91 Å². The van der Waals surface area contributed by atoms with E-state index in [-0.39, 0.29) is 5.91 Å². The van der Waals surface area contributed by atoms with Gasteiger partial charge in [0.05, 0.1) is 6.61 Å². The van der Waals surface area contributed by atoms with Crippen molar-refractivity contribution >= 4 is 5.91 Å². The van der Waals surface area contributed by atoms with Crippen molar-refractivity contribution in [3.8, 4) is 0 Å².